The number of rotatable bonds is 7. The van der Waals surface area contributed by atoms with Gasteiger partial charge in [-0.15, -0.1) is 0 Å². The maximum Gasteiger partial charge on any atom is 0.335 e. The minimum atomic E-state index is -0.897. The van der Waals surface area contributed by atoms with Gasteiger partial charge in [0.1, 0.15) is 0 Å². The van der Waals surface area contributed by atoms with Gasteiger partial charge in [-0.2, -0.15) is 5.10 Å². The molecule has 196 valence electrons. The molecule has 1 aliphatic rings. The van der Waals surface area contributed by atoms with Crippen molar-refractivity contribution in [3.63, 3.8) is 0 Å². The first-order chi connectivity index (χ1) is 18.9. The number of likely N-dealkylation sites (tertiary alicyclic amines) is 1. The predicted octanol–water partition coefficient (Wildman–Crippen LogP) is 7.74. The molecule has 0 saturated carbocycles. The van der Waals surface area contributed by atoms with Crippen LogP contribution in [0.25, 0.3) is 10.9 Å². The van der Waals surface area contributed by atoms with E-state index in [1.165, 1.54) is 5.56 Å². The molecule has 1 aliphatic heterocycles. The monoisotopic (exact) mass is 555 g/mol. The number of benzene rings is 4. The molecule has 2 heterocycles. The van der Waals surface area contributed by atoms with Crippen molar-refractivity contribution in [2.45, 2.75) is 24.8 Å². The third-order valence-corrected chi connectivity index (χ3v) is 8.11. The van der Waals surface area contributed by atoms with Crippen molar-refractivity contribution < 1.29 is 9.90 Å². The lowest BCUT2D eigenvalue weighted by molar-refractivity contribution is 0.0696. The van der Waals surface area contributed by atoms with Gasteiger partial charge in [0.2, 0.25) is 0 Å². The van der Waals surface area contributed by atoms with Crippen LogP contribution in [-0.2, 0) is 6.54 Å². The van der Waals surface area contributed by atoms with Crippen LogP contribution in [0.3, 0.4) is 0 Å². The van der Waals surface area contributed by atoms with Gasteiger partial charge in [-0.1, -0.05) is 65.7 Å². The van der Waals surface area contributed by atoms with Crippen molar-refractivity contribution in [2.24, 2.45) is 0 Å². The average molecular weight is 556 g/mol. The number of hydrogen-bond donors (Lipinski definition) is 2. The van der Waals surface area contributed by atoms with Crippen molar-refractivity contribution in [2.75, 3.05) is 13.1 Å². The highest BCUT2D eigenvalue weighted by Crippen LogP contribution is 2.37. The summed E-state index contributed by atoms with van der Waals surface area (Å²) in [5, 5.41) is 19.9. The van der Waals surface area contributed by atoms with E-state index >= 15 is 0 Å². The number of nitrogens with zero attached hydrogens (tertiary/aromatic N) is 2. The highest BCUT2D eigenvalue weighted by Gasteiger charge is 2.27. The molecule has 0 spiro atoms. The summed E-state index contributed by atoms with van der Waals surface area (Å²) < 4.78 is 0. The number of H-pyrrole nitrogens is 1. The Labute approximate surface area is 237 Å². The number of hydrogen-bond acceptors (Lipinski definition) is 3. The number of aromatic amines is 1. The number of fused-ring (bicyclic) bond motifs is 1. The zero-order valence-corrected chi connectivity index (χ0v) is 22.7. The highest BCUT2D eigenvalue weighted by atomic mass is 35.5. The van der Waals surface area contributed by atoms with Crippen LogP contribution in [0.4, 0.5) is 0 Å². The standard InChI is InChI=1S/C32H27Cl2N3O2/c33-26-9-4-21(5-10-26)30(22-6-11-27(34)12-7-22)23-8-13-29-28(17-23)31(36-35-29)25-14-15-37(19-25)18-20-2-1-3-24(16-20)32(38)39/h1-13,16-17,25,30H,14-15,18-19H2,(H,35,36)(H,38,39). The molecule has 0 aliphatic carbocycles. The van der Waals surface area contributed by atoms with Gasteiger partial charge in [0.05, 0.1) is 11.1 Å². The number of halogens is 2. The largest absolute Gasteiger partial charge is 0.478 e. The topological polar surface area (TPSA) is 69.2 Å². The summed E-state index contributed by atoms with van der Waals surface area (Å²) in [7, 11) is 0. The molecule has 7 heteroatoms. The summed E-state index contributed by atoms with van der Waals surface area (Å²) >= 11 is 12.4. The lowest BCUT2D eigenvalue weighted by Crippen LogP contribution is -2.20. The molecule has 1 fully saturated rings. The molecule has 0 radical (unpaired) electrons. The van der Waals surface area contributed by atoms with Crippen LogP contribution < -0.4 is 0 Å². The van der Waals surface area contributed by atoms with Crippen LogP contribution in [0, 0.1) is 0 Å². The van der Waals surface area contributed by atoms with E-state index < -0.39 is 5.97 Å². The Morgan fingerprint density at radius 3 is 2.26 bits per heavy atom. The average Bonchev–Trinajstić information content (AvgIpc) is 3.58. The third-order valence-electron chi connectivity index (χ3n) is 7.61. The maximum absolute atomic E-state index is 11.4. The molecule has 1 atom stereocenters. The molecular weight excluding hydrogens is 529 g/mol. The first kappa shape index (κ1) is 25.6. The fourth-order valence-electron chi connectivity index (χ4n) is 5.70. The summed E-state index contributed by atoms with van der Waals surface area (Å²) in [5.74, 6) is -0.558. The first-order valence-electron chi connectivity index (χ1n) is 13.0. The maximum atomic E-state index is 11.4. The fourth-order valence-corrected chi connectivity index (χ4v) is 5.95. The summed E-state index contributed by atoms with van der Waals surface area (Å²) in [6.45, 7) is 2.56. The number of aromatic nitrogens is 2. The molecular formula is C32H27Cl2N3O2. The summed E-state index contributed by atoms with van der Waals surface area (Å²) in [6.07, 6.45) is 1.01. The number of aromatic carboxylic acids is 1. The predicted molar refractivity (Wildman–Crippen MR) is 156 cm³/mol. The van der Waals surface area contributed by atoms with Gasteiger partial charge in [-0.3, -0.25) is 10.00 Å². The van der Waals surface area contributed by atoms with Gasteiger partial charge in [0.15, 0.2) is 0 Å². The molecule has 1 aromatic heterocycles. The lowest BCUT2D eigenvalue weighted by atomic mass is 9.84. The summed E-state index contributed by atoms with van der Waals surface area (Å²) in [4.78, 5) is 13.8. The van der Waals surface area contributed by atoms with E-state index in [1.807, 2.05) is 36.4 Å². The molecule has 0 amide bonds. The summed E-state index contributed by atoms with van der Waals surface area (Å²) in [5.41, 5.74) is 6.93. The van der Waals surface area contributed by atoms with Crippen LogP contribution in [0.1, 0.15) is 56.6 Å². The zero-order chi connectivity index (χ0) is 26.9. The van der Waals surface area contributed by atoms with Crippen LogP contribution in [0.2, 0.25) is 10.0 Å². The van der Waals surface area contributed by atoms with Gasteiger partial charge in [-0.05, 0) is 83.8 Å². The Morgan fingerprint density at radius 2 is 1.59 bits per heavy atom. The van der Waals surface area contributed by atoms with E-state index in [4.69, 9.17) is 23.2 Å². The highest BCUT2D eigenvalue weighted by molar-refractivity contribution is 6.30. The van der Waals surface area contributed by atoms with Gasteiger partial charge in [0.25, 0.3) is 0 Å². The van der Waals surface area contributed by atoms with E-state index in [2.05, 4.69) is 57.6 Å². The number of carboxylic acid groups (broad SMARTS) is 1. The smallest absolute Gasteiger partial charge is 0.335 e. The molecule has 2 N–H and O–H groups in total. The van der Waals surface area contributed by atoms with Crippen molar-refractivity contribution in [1.82, 2.24) is 15.1 Å². The normalized spacial score (nSPS) is 15.8. The number of carboxylic acids is 1. The van der Waals surface area contributed by atoms with Crippen molar-refractivity contribution >= 4 is 40.1 Å². The zero-order valence-electron chi connectivity index (χ0n) is 21.1. The van der Waals surface area contributed by atoms with E-state index in [1.54, 1.807) is 12.1 Å². The summed E-state index contributed by atoms with van der Waals surface area (Å²) in [6, 6.07) is 29.8. The molecule has 1 saturated heterocycles. The minimum absolute atomic E-state index is 0.0215. The molecule has 4 aromatic carbocycles. The van der Waals surface area contributed by atoms with Crippen LogP contribution in [0.15, 0.2) is 91.0 Å². The molecule has 1 unspecified atom stereocenters. The molecule has 0 bridgehead atoms. The van der Waals surface area contributed by atoms with E-state index in [0.29, 0.717) is 21.5 Å². The first-order valence-corrected chi connectivity index (χ1v) is 13.7. The Kier molecular flexibility index (Phi) is 7.13. The van der Waals surface area contributed by atoms with Crippen LogP contribution >= 0.6 is 23.2 Å². The van der Waals surface area contributed by atoms with Gasteiger partial charge in [-0.25, -0.2) is 4.79 Å². The van der Waals surface area contributed by atoms with E-state index in [9.17, 15) is 9.90 Å². The second-order valence-electron chi connectivity index (χ2n) is 10.2. The lowest BCUT2D eigenvalue weighted by Gasteiger charge is -2.20. The third kappa shape index (κ3) is 5.44. The Balaban J connectivity index is 1.30. The van der Waals surface area contributed by atoms with Crippen molar-refractivity contribution in [3.05, 3.63) is 135 Å². The van der Waals surface area contributed by atoms with Crippen LogP contribution in [0.5, 0.6) is 0 Å². The minimum Gasteiger partial charge on any atom is -0.478 e. The number of carbonyl (C=O) groups is 1. The van der Waals surface area contributed by atoms with Crippen molar-refractivity contribution in [3.8, 4) is 0 Å². The quantitative estimate of drug-likeness (QED) is 0.201. The van der Waals surface area contributed by atoms with Gasteiger partial charge in [0, 0.05) is 46.1 Å². The molecule has 5 nitrogen and oxygen atoms in total. The molecule has 39 heavy (non-hydrogen) atoms. The van der Waals surface area contributed by atoms with Crippen LogP contribution in [-0.4, -0.2) is 39.3 Å². The van der Waals surface area contributed by atoms with Crippen molar-refractivity contribution in [1.29, 1.82) is 0 Å². The van der Waals surface area contributed by atoms with E-state index in [-0.39, 0.29) is 5.92 Å². The SMILES string of the molecule is O=C(O)c1cccc(CN2CCC(c3[nH]nc4ccc(C(c5ccc(Cl)cc5)c5ccc(Cl)cc5)cc34)C2)c1. The Hall–Kier alpha value is -3.64. The van der Waals surface area contributed by atoms with E-state index in [0.717, 1.165) is 59.3 Å². The number of nitrogens with one attached hydrogen (secondary N) is 1. The molecule has 5 aromatic rings. The second kappa shape index (κ2) is 10.9. The Morgan fingerprint density at radius 1 is 0.923 bits per heavy atom. The fraction of sp³-hybridized carbons (Fsp3) is 0.188. The Bertz CT molecular complexity index is 1580. The molecule has 6 rings (SSSR count). The van der Waals surface area contributed by atoms with Gasteiger partial charge < -0.3 is 5.11 Å². The second-order valence-corrected chi connectivity index (χ2v) is 11.0. The van der Waals surface area contributed by atoms with Gasteiger partial charge >= 0.3 is 5.97 Å².